The van der Waals surface area contributed by atoms with Gasteiger partial charge in [-0.25, -0.2) is 0 Å². The summed E-state index contributed by atoms with van der Waals surface area (Å²) in [6.45, 7) is 0.986. The molecule has 0 bridgehead atoms. The Bertz CT molecular complexity index is 2090. The zero-order valence-corrected chi connectivity index (χ0v) is 27.8. The summed E-state index contributed by atoms with van der Waals surface area (Å²) < 4.78 is 4.59. The van der Waals surface area contributed by atoms with Gasteiger partial charge in [0.05, 0.1) is 45.2 Å². The third-order valence-electron chi connectivity index (χ3n) is 8.38. The summed E-state index contributed by atoms with van der Waals surface area (Å²) in [4.78, 5) is 16.0. The van der Waals surface area contributed by atoms with Crippen LogP contribution in [0.3, 0.4) is 0 Å². The van der Waals surface area contributed by atoms with Crippen molar-refractivity contribution in [3.05, 3.63) is 164 Å². The van der Waals surface area contributed by atoms with Crippen molar-refractivity contribution in [3.8, 4) is 0 Å². The number of alkyl halides is 1. The number of halogens is 1. The number of H-pyrrole nitrogens is 1. The Labute approximate surface area is 286 Å². The van der Waals surface area contributed by atoms with Crippen LogP contribution in [0.4, 0.5) is 0 Å². The molecule has 0 spiro atoms. The lowest BCUT2D eigenvalue weighted by Crippen LogP contribution is -2.17. The summed E-state index contributed by atoms with van der Waals surface area (Å²) in [6.07, 6.45) is 13.5. The maximum Gasteiger partial charge on any atom is 0.0881 e. The van der Waals surface area contributed by atoms with Crippen LogP contribution in [0.2, 0.25) is 0 Å². The van der Waals surface area contributed by atoms with Crippen molar-refractivity contribution in [2.75, 3.05) is 19.5 Å². The average molecular weight is 654 g/mol. The van der Waals surface area contributed by atoms with Crippen LogP contribution in [-0.2, 0) is 0 Å². The predicted octanol–water partition coefficient (Wildman–Crippen LogP) is 9.05. The minimum Gasteiger partial charge on any atom is -0.360 e. The van der Waals surface area contributed by atoms with Crippen molar-refractivity contribution < 1.29 is 0 Å². The van der Waals surface area contributed by atoms with E-state index in [4.69, 9.17) is 11.6 Å². The number of rotatable bonds is 9. The topological polar surface area (TPSA) is 76.3 Å². The van der Waals surface area contributed by atoms with E-state index in [1.807, 2.05) is 62.0 Å². The average Bonchev–Trinajstić information content (AvgIpc) is 3.91. The molecule has 0 fully saturated rings. The lowest BCUT2D eigenvalue weighted by atomic mass is 10.0. The molecule has 48 heavy (non-hydrogen) atoms. The Morgan fingerprint density at radius 1 is 0.604 bits per heavy atom. The second-order valence-corrected chi connectivity index (χ2v) is 11.8. The molecule has 0 aliphatic carbocycles. The molecule has 2 N–H and O–H groups in total. The number of hydrogen-bond acceptors (Lipinski definition) is 4. The maximum atomic E-state index is 5.99. The summed E-state index contributed by atoms with van der Waals surface area (Å²) in [6, 6.07) is 40.0. The van der Waals surface area contributed by atoms with Gasteiger partial charge < -0.3 is 19.4 Å². The molecule has 0 aliphatic heterocycles. The third-order valence-corrected chi connectivity index (χ3v) is 8.60. The first-order chi connectivity index (χ1) is 23.8. The van der Waals surface area contributed by atoms with E-state index in [-0.39, 0.29) is 6.04 Å². The van der Waals surface area contributed by atoms with Crippen molar-refractivity contribution in [2.24, 2.45) is 0 Å². The van der Waals surface area contributed by atoms with Gasteiger partial charge in [-0.15, -0.1) is 11.6 Å². The van der Waals surface area contributed by atoms with Crippen LogP contribution in [0.1, 0.15) is 36.1 Å². The van der Waals surface area contributed by atoms with Gasteiger partial charge >= 0.3 is 0 Å². The SMILES string of the molecule is CNCCC(c1ccccc1)n1ccc2ncccc21.ClCCC(c1ccccc1)n1ccc2ncccc21.c1cnc2cc[nH]c2c1. The minimum atomic E-state index is 0.264. The van der Waals surface area contributed by atoms with Crippen molar-refractivity contribution in [1.82, 2.24) is 34.4 Å². The largest absolute Gasteiger partial charge is 0.360 e. The van der Waals surface area contributed by atoms with Crippen LogP contribution >= 0.6 is 11.6 Å². The molecule has 2 aromatic carbocycles. The lowest BCUT2D eigenvalue weighted by molar-refractivity contribution is 0.539. The summed E-state index contributed by atoms with van der Waals surface area (Å²) >= 11 is 5.99. The standard InChI is InChI=1S/C17H19N3.C16H15ClN2.C7H6N2/c1-18-12-9-16(14-6-3-2-4-7-14)20-13-10-15-17(20)8-5-11-19-15;17-10-8-15(13-5-2-1-3-6-13)19-12-9-14-16(19)7-4-11-18-14;1-2-6-7(8-4-1)3-5-9-6/h2-8,10-11,13,16,18H,9,12H2,1H3;1-7,9,11-12,15H,8,10H2;1-5,9H. The van der Waals surface area contributed by atoms with Gasteiger partial charge in [0.15, 0.2) is 0 Å². The molecular formula is C40H40ClN7. The Balaban J connectivity index is 0.000000134. The monoisotopic (exact) mass is 653 g/mol. The van der Waals surface area contributed by atoms with E-state index in [1.54, 1.807) is 6.20 Å². The third kappa shape index (κ3) is 7.82. The molecular weight excluding hydrogens is 614 g/mol. The van der Waals surface area contributed by atoms with Crippen LogP contribution in [0.15, 0.2) is 152 Å². The highest BCUT2D eigenvalue weighted by atomic mass is 35.5. The van der Waals surface area contributed by atoms with Crippen LogP contribution in [0.25, 0.3) is 33.1 Å². The highest BCUT2D eigenvalue weighted by molar-refractivity contribution is 6.17. The van der Waals surface area contributed by atoms with Gasteiger partial charge in [0, 0.05) is 43.1 Å². The number of aromatic nitrogens is 6. The van der Waals surface area contributed by atoms with E-state index in [1.165, 1.54) is 16.6 Å². The second kappa shape index (κ2) is 16.5. The van der Waals surface area contributed by atoms with Crippen molar-refractivity contribution in [2.45, 2.75) is 24.9 Å². The molecule has 7 nitrogen and oxygen atoms in total. The molecule has 8 rings (SSSR count). The zero-order valence-electron chi connectivity index (χ0n) is 27.0. The molecule has 0 saturated carbocycles. The molecule has 2 unspecified atom stereocenters. The number of nitrogens with zero attached hydrogens (tertiary/aromatic N) is 5. The summed E-state index contributed by atoms with van der Waals surface area (Å²) in [5.74, 6) is 0.638. The maximum absolute atomic E-state index is 5.99. The normalized spacial score (nSPS) is 12.2. The molecule has 2 atom stereocenters. The fourth-order valence-corrected chi connectivity index (χ4v) is 6.27. The first-order valence-corrected chi connectivity index (χ1v) is 16.8. The molecule has 6 aromatic heterocycles. The van der Waals surface area contributed by atoms with E-state index in [9.17, 15) is 0 Å². The van der Waals surface area contributed by atoms with Crippen molar-refractivity contribution >= 4 is 44.7 Å². The van der Waals surface area contributed by atoms with Crippen molar-refractivity contribution in [3.63, 3.8) is 0 Å². The van der Waals surface area contributed by atoms with Gasteiger partial charge in [0.25, 0.3) is 0 Å². The van der Waals surface area contributed by atoms with Gasteiger partial charge in [-0.2, -0.15) is 0 Å². The summed E-state index contributed by atoms with van der Waals surface area (Å²) in [5, 5.41) is 3.25. The predicted molar refractivity (Wildman–Crippen MR) is 199 cm³/mol. The molecule has 0 aliphatic rings. The zero-order chi connectivity index (χ0) is 33.0. The molecule has 8 heteroatoms. The van der Waals surface area contributed by atoms with E-state index in [0.29, 0.717) is 11.9 Å². The van der Waals surface area contributed by atoms with E-state index in [0.717, 1.165) is 47.0 Å². The Morgan fingerprint density at radius 2 is 1.12 bits per heavy atom. The van der Waals surface area contributed by atoms with Crippen molar-refractivity contribution in [1.29, 1.82) is 0 Å². The van der Waals surface area contributed by atoms with Crippen LogP contribution in [-0.4, -0.2) is 48.5 Å². The van der Waals surface area contributed by atoms with Gasteiger partial charge in [0.2, 0.25) is 0 Å². The summed E-state index contributed by atoms with van der Waals surface area (Å²) in [7, 11) is 2.00. The van der Waals surface area contributed by atoms with Crippen LogP contribution < -0.4 is 5.32 Å². The fourth-order valence-electron chi connectivity index (χ4n) is 6.07. The first kappa shape index (κ1) is 32.7. The lowest BCUT2D eigenvalue weighted by Gasteiger charge is -2.20. The van der Waals surface area contributed by atoms with Crippen LogP contribution in [0, 0.1) is 0 Å². The molecule has 8 aromatic rings. The van der Waals surface area contributed by atoms with Gasteiger partial charge in [0.1, 0.15) is 0 Å². The van der Waals surface area contributed by atoms with E-state index < -0.39 is 0 Å². The molecule has 0 radical (unpaired) electrons. The molecule has 0 saturated heterocycles. The highest BCUT2D eigenvalue weighted by Crippen LogP contribution is 2.28. The Hall–Kier alpha value is -5.24. The number of hydrogen-bond donors (Lipinski definition) is 2. The van der Waals surface area contributed by atoms with Crippen LogP contribution in [0.5, 0.6) is 0 Å². The smallest absolute Gasteiger partial charge is 0.0881 e. The van der Waals surface area contributed by atoms with E-state index >= 15 is 0 Å². The number of fused-ring (bicyclic) bond motifs is 3. The van der Waals surface area contributed by atoms with Gasteiger partial charge in [-0.05, 0) is 92.2 Å². The molecule has 6 heterocycles. The number of nitrogens with one attached hydrogen (secondary N) is 2. The highest BCUT2D eigenvalue weighted by Gasteiger charge is 2.16. The Morgan fingerprint density at radius 3 is 1.65 bits per heavy atom. The van der Waals surface area contributed by atoms with E-state index in [2.05, 4.69) is 126 Å². The molecule has 242 valence electrons. The second-order valence-electron chi connectivity index (χ2n) is 11.4. The number of aromatic amines is 1. The fraction of sp³-hybridized carbons (Fsp3) is 0.175. The molecule has 0 amide bonds. The quantitative estimate of drug-likeness (QED) is 0.152. The first-order valence-electron chi connectivity index (χ1n) is 16.3. The minimum absolute atomic E-state index is 0.264. The Kier molecular flexibility index (Phi) is 11.3. The number of pyridine rings is 3. The number of benzene rings is 2. The summed E-state index contributed by atoms with van der Waals surface area (Å²) in [5.41, 5.74) is 9.17. The van der Waals surface area contributed by atoms with Gasteiger partial charge in [-0.1, -0.05) is 60.7 Å². The van der Waals surface area contributed by atoms with Gasteiger partial charge in [-0.3, -0.25) is 15.0 Å².